The van der Waals surface area contributed by atoms with Gasteiger partial charge in [-0.3, -0.25) is 0 Å². The highest BCUT2D eigenvalue weighted by molar-refractivity contribution is 7.80. The topological polar surface area (TPSA) is 0 Å². The first-order valence-corrected chi connectivity index (χ1v) is 7.83. The third-order valence-corrected chi connectivity index (χ3v) is 5.76. The van der Waals surface area contributed by atoms with E-state index in [1.54, 1.807) is 0 Å². The number of hydrogen-bond donors (Lipinski definition) is 1. The molecule has 4 aromatic rings. The van der Waals surface area contributed by atoms with E-state index in [-0.39, 0.29) is 0 Å². The van der Waals surface area contributed by atoms with E-state index in [2.05, 4.69) is 58.0 Å². The van der Waals surface area contributed by atoms with Crippen molar-refractivity contribution in [2.75, 3.05) is 0 Å². The van der Waals surface area contributed by atoms with Gasteiger partial charge in [0.2, 0.25) is 0 Å². The molecule has 0 bridgehead atoms. The van der Waals surface area contributed by atoms with Gasteiger partial charge in [0.25, 0.3) is 0 Å². The summed E-state index contributed by atoms with van der Waals surface area (Å²) >= 11 is 4.83. The van der Waals surface area contributed by atoms with Crippen LogP contribution in [0.3, 0.4) is 0 Å². The van der Waals surface area contributed by atoms with Gasteiger partial charge < -0.3 is 0 Å². The molecule has 0 fully saturated rings. The van der Waals surface area contributed by atoms with E-state index in [1.807, 2.05) is 0 Å². The maximum absolute atomic E-state index is 4.83. The second kappa shape index (κ2) is 4.14. The van der Waals surface area contributed by atoms with Crippen molar-refractivity contribution in [3.05, 3.63) is 52.6 Å². The second-order valence-corrected chi connectivity index (χ2v) is 6.56. The lowest BCUT2D eigenvalue weighted by molar-refractivity contribution is 1.29. The van der Waals surface area contributed by atoms with Gasteiger partial charge in [-0.05, 0) is 82.3 Å². The molecule has 4 rings (SSSR count). The highest BCUT2D eigenvalue weighted by Gasteiger charge is 2.18. The Kier molecular flexibility index (Phi) is 2.56. The fourth-order valence-electron chi connectivity index (χ4n) is 3.80. The number of hydrogen-bond acceptors (Lipinski definition) is 1. The Bertz CT molecular complexity index is 1020. The average Bonchev–Trinajstić information content (AvgIpc) is 2.50. The Morgan fingerprint density at radius 3 is 2.14 bits per heavy atom. The normalized spacial score (nSPS) is 12.0. The van der Waals surface area contributed by atoms with Crippen molar-refractivity contribution in [1.29, 1.82) is 0 Å². The summed E-state index contributed by atoms with van der Waals surface area (Å²) in [6.07, 6.45) is 0. The molecule has 0 amide bonds. The first kappa shape index (κ1) is 13.0. The van der Waals surface area contributed by atoms with Crippen molar-refractivity contribution in [3.8, 4) is 0 Å². The summed E-state index contributed by atoms with van der Waals surface area (Å²) in [7, 11) is 0. The van der Waals surface area contributed by atoms with Crippen molar-refractivity contribution < 1.29 is 0 Å². The lowest BCUT2D eigenvalue weighted by Gasteiger charge is -2.20. The molecule has 1 heteroatoms. The molecule has 0 N–H and O–H groups in total. The number of rotatable bonds is 0. The molecule has 0 aliphatic heterocycles. The molecule has 4 aromatic carbocycles. The van der Waals surface area contributed by atoms with Crippen molar-refractivity contribution in [3.63, 3.8) is 0 Å². The van der Waals surface area contributed by atoms with Gasteiger partial charge in [0.1, 0.15) is 0 Å². The van der Waals surface area contributed by atoms with Crippen LogP contribution in [0.15, 0.2) is 35.2 Å². The summed E-state index contributed by atoms with van der Waals surface area (Å²) in [6.45, 7) is 8.92. The summed E-state index contributed by atoms with van der Waals surface area (Å²) < 4.78 is 0. The molecule has 0 radical (unpaired) electrons. The maximum Gasteiger partial charge on any atom is 0.0155 e. The minimum Gasteiger partial charge on any atom is -0.142 e. The monoisotopic (exact) mass is 290 g/mol. The molecule has 0 atom stereocenters. The van der Waals surface area contributed by atoms with E-state index in [0.717, 1.165) is 4.90 Å². The summed E-state index contributed by atoms with van der Waals surface area (Å²) in [6, 6.07) is 11.1. The molecule has 21 heavy (non-hydrogen) atoms. The van der Waals surface area contributed by atoms with Crippen molar-refractivity contribution in [2.24, 2.45) is 0 Å². The Morgan fingerprint density at radius 2 is 1.38 bits per heavy atom. The highest BCUT2D eigenvalue weighted by Crippen LogP contribution is 2.43. The molecule has 0 nitrogen and oxygen atoms in total. The van der Waals surface area contributed by atoms with E-state index in [9.17, 15) is 0 Å². The summed E-state index contributed by atoms with van der Waals surface area (Å²) in [4.78, 5) is 1.12. The predicted octanol–water partition coefficient (Wildman–Crippen LogP) is 6.11. The molecule has 0 aromatic heterocycles. The summed E-state index contributed by atoms with van der Waals surface area (Å²) in [5.41, 5.74) is 5.50. The molecule has 0 unspecified atom stereocenters. The molecule has 0 saturated carbocycles. The summed E-state index contributed by atoms with van der Waals surface area (Å²) in [5, 5.41) is 8.14. The molecular weight excluding hydrogens is 272 g/mol. The third kappa shape index (κ3) is 1.47. The first-order chi connectivity index (χ1) is 10.0. The van der Waals surface area contributed by atoms with Crippen LogP contribution in [0.2, 0.25) is 0 Å². The molecule has 0 heterocycles. The van der Waals surface area contributed by atoms with E-state index < -0.39 is 0 Å². The molecule has 0 aliphatic rings. The van der Waals surface area contributed by atoms with E-state index in [0.29, 0.717) is 0 Å². The largest absolute Gasteiger partial charge is 0.142 e. The fourth-order valence-corrected chi connectivity index (χ4v) is 4.09. The van der Waals surface area contributed by atoms with Crippen LogP contribution < -0.4 is 0 Å². The average molecular weight is 290 g/mol. The Balaban J connectivity index is 2.53. The maximum atomic E-state index is 4.83. The van der Waals surface area contributed by atoms with Gasteiger partial charge in [0, 0.05) is 4.90 Å². The SMILES string of the molecule is Cc1c(C)c2ccc3cccc4c(S)c(C)c(c1C)c2c34. The summed E-state index contributed by atoms with van der Waals surface area (Å²) in [5.74, 6) is 0. The smallest absolute Gasteiger partial charge is 0.0155 e. The Hall–Kier alpha value is -1.73. The molecule has 0 spiro atoms. The van der Waals surface area contributed by atoms with Crippen LogP contribution in [0.5, 0.6) is 0 Å². The van der Waals surface area contributed by atoms with E-state index in [1.165, 1.54) is 54.6 Å². The van der Waals surface area contributed by atoms with Crippen LogP contribution in [0.1, 0.15) is 22.3 Å². The zero-order chi connectivity index (χ0) is 14.9. The van der Waals surface area contributed by atoms with Crippen molar-refractivity contribution >= 4 is 44.9 Å². The van der Waals surface area contributed by atoms with Crippen LogP contribution in [0, 0.1) is 27.7 Å². The van der Waals surface area contributed by atoms with Gasteiger partial charge >= 0.3 is 0 Å². The quantitative estimate of drug-likeness (QED) is 0.293. The van der Waals surface area contributed by atoms with Gasteiger partial charge in [-0.25, -0.2) is 0 Å². The zero-order valence-electron chi connectivity index (χ0n) is 12.8. The van der Waals surface area contributed by atoms with E-state index in [4.69, 9.17) is 12.6 Å². The van der Waals surface area contributed by atoms with Gasteiger partial charge in [-0.15, -0.1) is 12.6 Å². The number of benzene rings is 4. The van der Waals surface area contributed by atoms with E-state index >= 15 is 0 Å². The number of aryl methyl sites for hydroxylation is 3. The Labute approximate surface area is 130 Å². The van der Waals surface area contributed by atoms with Crippen LogP contribution in [-0.4, -0.2) is 0 Å². The molecule has 104 valence electrons. The van der Waals surface area contributed by atoms with Crippen molar-refractivity contribution in [1.82, 2.24) is 0 Å². The lowest BCUT2D eigenvalue weighted by Crippen LogP contribution is -1.97. The second-order valence-electron chi connectivity index (χ2n) is 6.12. The molecule has 0 saturated heterocycles. The molecular formula is C20H18S. The van der Waals surface area contributed by atoms with Crippen LogP contribution >= 0.6 is 12.6 Å². The first-order valence-electron chi connectivity index (χ1n) is 7.38. The van der Waals surface area contributed by atoms with Crippen molar-refractivity contribution in [2.45, 2.75) is 32.6 Å². The standard InChI is InChI=1S/C20H18S/c1-10-11(2)15-9-8-14-6-5-7-16-18(14)19(15)17(12(10)3)13(4)20(16)21/h5-9,21H,1-4H3. The highest BCUT2D eigenvalue weighted by atomic mass is 32.1. The fraction of sp³-hybridized carbons (Fsp3) is 0.200. The Morgan fingerprint density at radius 1 is 0.619 bits per heavy atom. The van der Waals surface area contributed by atoms with Gasteiger partial charge in [-0.2, -0.15) is 0 Å². The van der Waals surface area contributed by atoms with Crippen LogP contribution in [0.4, 0.5) is 0 Å². The number of thiol groups is 1. The minimum atomic E-state index is 1.12. The van der Waals surface area contributed by atoms with Gasteiger partial charge in [0.15, 0.2) is 0 Å². The lowest BCUT2D eigenvalue weighted by atomic mass is 9.85. The van der Waals surface area contributed by atoms with Gasteiger partial charge in [0.05, 0.1) is 0 Å². The third-order valence-electron chi connectivity index (χ3n) is 5.18. The molecule has 0 aliphatic carbocycles. The zero-order valence-corrected chi connectivity index (χ0v) is 13.7. The minimum absolute atomic E-state index is 1.12. The van der Waals surface area contributed by atoms with Gasteiger partial charge in [-0.1, -0.05) is 30.3 Å². The van der Waals surface area contributed by atoms with Crippen LogP contribution in [0.25, 0.3) is 32.3 Å². The predicted molar refractivity (Wildman–Crippen MR) is 96.3 cm³/mol. The van der Waals surface area contributed by atoms with Crippen LogP contribution in [-0.2, 0) is 0 Å².